The van der Waals surface area contributed by atoms with Gasteiger partial charge in [-0.1, -0.05) is 12.1 Å². The molecule has 0 amide bonds. The normalized spacial score (nSPS) is 12.9. The summed E-state index contributed by atoms with van der Waals surface area (Å²) < 4.78 is 78.3. The molecule has 2 N–H and O–H groups in total. The second-order valence-electron chi connectivity index (χ2n) is 3.90. The number of benzene rings is 1. The third-order valence-electron chi connectivity index (χ3n) is 2.28. The lowest BCUT2D eigenvalue weighted by atomic mass is 10.1. The monoisotopic (exact) mass is 287 g/mol. The summed E-state index contributed by atoms with van der Waals surface area (Å²) in [4.78, 5) is 0. The lowest BCUT2D eigenvalue weighted by Gasteiger charge is -2.25. The highest BCUT2D eigenvalue weighted by atomic mass is 19.4. The molecule has 0 bridgehead atoms. The molecule has 0 atom stereocenters. The molecule has 0 aromatic heterocycles. The van der Waals surface area contributed by atoms with Gasteiger partial charge in [0.15, 0.2) is 0 Å². The van der Waals surface area contributed by atoms with Crippen molar-refractivity contribution >= 4 is 0 Å². The number of rotatable bonds is 3. The van der Waals surface area contributed by atoms with Gasteiger partial charge in [-0.15, -0.1) is 0 Å². The molecule has 8 heteroatoms. The Kier molecular flexibility index (Phi) is 4.34. The van der Waals surface area contributed by atoms with Crippen molar-refractivity contribution in [3.63, 3.8) is 0 Å². The molecule has 1 aromatic carbocycles. The predicted molar refractivity (Wildman–Crippen MR) is 55.6 cm³/mol. The van der Waals surface area contributed by atoms with Crippen molar-refractivity contribution < 1.29 is 31.1 Å². The van der Waals surface area contributed by atoms with Gasteiger partial charge in [0.25, 0.3) is 6.10 Å². The molecule has 1 rings (SSSR count). The number of ether oxygens (including phenoxy) is 1. The van der Waals surface area contributed by atoms with E-state index in [-0.39, 0.29) is 12.1 Å². The fourth-order valence-electron chi connectivity index (χ4n) is 1.39. The third-order valence-corrected chi connectivity index (χ3v) is 2.28. The van der Waals surface area contributed by atoms with Gasteiger partial charge in [-0.2, -0.15) is 26.3 Å². The van der Waals surface area contributed by atoms with E-state index in [9.17, 15) is 26.3 Å². The molecule has 19 heavy (non-hydrogen) atoms. The summed E-state index contributed by atoms with van der Waals surface area (Å²) in [6.45, 7) is 1.29. The van der Waals surface area contributed by atoms with E-state index in [2.05, 4.69) is 4.74 Å². The number of nitrogens with two attached hydrogens (primary N) is 1. The molecule has 0 spiro atoms. The summed E-state index contributed by atoms with van der Waals surface area (Å²) in [7, 11) is 0. The van der Waals surface area contributed by atoms with Crippen molar-refractivity contribution in [2.45, 2.75) is 31.9 Å². The first-order valence-electron chi connectivity index (χ1n) is 5.15. The van der Waals surface area contributed by atoms with Gasteiger partial charge in [0.1, 0.15) is 5.75 Å². The van der Waals surface area contributed by atoms with E-state index >= 15 is 0 Å². The molecule has 2 nitrogen and oxygen atoms in total. The van der Waals surface area contributed by atoms with Crippen molar-refractivity contribution in [3.05, 3.63) is 29.3 Å². The Bertz CT molecular complexity index is 426. The van der Waals surface area contributed by atoms with Gasteiger partial charge in [-0.3, -0.25) is 0 Å². The van der Waals surface area contributed by atoms with E-state index in [4.69, 9.17) is 5.73 Å². The Morgan fingerprint density at radius 3 is 2.05 bits per heavy atom. The van der Waals surface area contributed by atoms with Crippen LogP contribution in [0.2, 0.25) is 0 Å². The standard InChI is InChI=1S/C11H11F6NO/c1-6-2-3-7(5-18)8(4-6)19-9(10(12,13)14)11(15,16)17/h2-4,9H,5,18H2,1H3. The summed E-state index contributed by atoms with van der Waals surface area (Å²) in [6.07, 6.45) is -15.0. The number of hydrogen-bond donors (Lipinski definition) is 1. The third kappa shape index (κ3) is 4.02. The second-order valence-corrected chi connectivity index (χ2v) is 3.90. The van der Waals surface area contributed by atoms with Gasteiger partial charge >= 0.3 is 12.4 Å². The highest BCUT2D eigenvalue weighted by molar-refractivity contribution is 5.37. The van der Waals surface area contributed by atoms with Gasteiger partial charge in [0.2, 0.25) is 0 Å². The minimum atomic E-state index is -5.55. The molecular weight excluding hydrogens is 276 g/mol. The van der Waals surface area contributed by atoms with Crippen LogP contribution >= 0.6 is 0 Å². The Labute approximate surface area is 105 Å². The molecule has 0 aliphatic rings. The largest absolute Gasteiger partial charge is 0.471 e. The summed E-state index contributed by atoms with van der Waals surface area (Å²) in [5.74, 6) is -0.512. The summed E-state index contributed by atoms with van der Waals surface area (Å²) in [6, 6.07) is 3.94. The maximum absolute atomic E-state index is 12.4. The van der Waals surface area contributed by atoms with E-state index in [0.717, 1.165) is 6.07 Å². The number of alkyl halides is 6. The highest BCUT2D eigenvalue weighted by Gasteiger charge is 2.59. The van der Waals surface area contributed by atoms with Crippen LogP contribution in [0.4, 0.5) is 26.3 Å². The molecule has 108 valence electrons. The lowest BCUT2D eigenvalue weighted by molar-refractivity contribution is -0.300. The highest BCUT2D eigenvalue weighted by Crippen LogP contribution is 2.37. The van der Waals surface area contributed by atoms with Gasteiger partial charge in [-0.25, -0.2) is 0 Å². The Morgan fingerprint density at radius 2 is 1.63 bits per heavy atom. The zero-order chi connectivity index (χ0) is 14.8. The zero-order valence-corrected chi connectivity index (χ0v) is 9.77. The number of aryl methyl sites for hydroxylation is 1. The van der Waals surface area contributed by atoms with Crippen LogP contribution in [0.3, 0.4) is 0 Å². The van der Waals surface area contributed by atoms with Crippen LogP contribution in [0.25, 0.3) is 0 Å². The van der Waals surface area contributed by atoms with Crippen LogP contribution in [0.15, 0.2) is 18.2 Å². The number of halogens is 6. The van der Waals surface area contributed by atoms with Gasteiger partial charge < -0.3 is 10.5 Å². The molecule has 1 aromatic rings. The van der Waals surface area contributed by atoms with E-state index in [1.54, 1.807) is 0 Å². The van der Waals surface area contributed by atoms with E-state index in [1.807, 2.05) is 0 Å². The van der Waals surface area contributed by atoms with Crippen molar-refractivity contribution in [2.75, 3.05) is 0 Å². The topological polar surface area (TPSA) is 35.2 Å². The Hall–Kier alpha value is -1.44. The molecule has 0 saturated heterocycles. The molecule has 0 aliphatic carbocycles. The fraction of sp³-hybridized carbons (Fsp3) is 0.455. The minimum absolute atomic E-state index is 0.0732. The summed E-state index contributed by atoms with van der Waals surface area (Å²) >= 11 is 0. The number of hydrogen-bond acceptors (Lipinski definition) is 2. The van der Waals surface area contributed by atoms with Gasteiger partial charge in [0, 0.05) is 12.1 Å². The maximum Gasteiger partial charge on any atom is 0.434 e. The lowest BCUT2D eigenvalue weighted by Crippen LogP contribution is -2.46. The molecule has 0 radical (unpaired) electrons. The zero-order valence-electron chi connectivity index (χ0n) is 9.77. The van der Waals surface area contributed by atoms with Crippen LogP contribution in [0.5, 0.6) is 5.75 Å². The maximum atomic E-state index is 12.4. The van der Waals surface area contributed by atoms with Crippen LogP contribution in [-0.4, -0.2) is 18.5 Å². The van der Waals surface area contributed by atoms with Crippen molar-refractivity contribution in [3.8, 4) is 5.75 Å². The minimum Gasteiger partial charge on any atom is -0.471 e. The fourth-order valence-corrected chi connectivity index (χ4v) is 1.39. The van der Waals surface area contributed by atoms with Gasteiger partial charge in [0.05, 0.1) is 0 Å². The van der Waals surface area contributed by atoms with E-state index in [1.165, 1.54) is 19.1 Å². The van der Waals surface area contributed by atoms with E-state index in [0.29, 0.717) is 5.56 Å². The Balaban J connectivity index is 3.14. The second kappa shape index (κ2) is 5.28. The molecule has 0 fully saturated rings. The molecular formula is C11H11F6NO. The van der Waals surface area contributed by atoms with Crippen LogP contribution in [0.1, 0.15) is 11.1 Å². The predicted octanol–water partition coefficient (Wildman–Crippen LogP) is 3.33. The van der Waals surface area contributed by atoms with Crippen LogP contribution in [0, 0.1) is 6.92 Å². The smallest absolute Gasteiger partial charge is 0.434 e. The quantitative estimate of drug-likeness (QED) is 0.865. The Morgan fingerprint density at radius 1 is 1.11 bits per heavy atom. The first-order chi connectivity index (χ1) is 8.55. The molecule has 0 heterocycles. The van der Waals surface area contributed by atoms with Crippen molar-refractivity contribution in [1.29, 1.82) is 0 Å². The van der Waals surface area contributed by atoms with E-state index < -0.39 is 24.2 Å². The van der Waals surface area contributed by atoms with Gasteiger partial charge in [-0.05, 0) is 18.6 Å². The SMILES string of the molecule is Cc1ccc(CN)c(OC(C(F)(F)F)C(F)(F)F)c1. The average Bonchev–Trinajstić information content (AvgIpc) is 2.23. The van der Waals surface area contributed by atoms with Crippen molar-refractivity contribution in [1.82, 2.24) is 0 Å². The first kappa shape index (κ1) is 15.6. The molecule has 0 saturated carbocycles. The first-order valence-corrected chi connectivity index (χ1v) is 5.15. The molecule has 0 aliphatic heterocycles. The van der Waals surface area contributed by atoms with Crippen LogP contribution in [-0.2, 0) is 6.54 Å². The van der Waals surface area contributed by atoms with Crippen molar-refractivity contribution in [2.24, 2.45) is 5.73 Å². The average molecular weight is 287 g/mol. The summed E-state index contributed by atoms with van der Waals surface area (Å²) in [5.41, 5.74) is 5.79. The van der Waals surface area contributed by atoms with Crippen LogP contribution < -0.4 is 10.5 Å². The molecule has 0 unspecified atom stereocenters. The summed E-state index contributed by atoms with van der Waals surface area (Å²) in [5, 5.41) is 0.